The molecule has 168 valence electrons. The zero-order valence-electron chi connectivity index (χ0n) is 17.0. The molecule has 0 spiro atoms. The Bertz CT molecular complexity index is 887. The molecule has 0 N–H and O–H groups in total. The summed E-state index contributed by atoms with van der Waals surface area (Å²) in [5, 5.41) is 0. The molecule has 1 saturated carbocycles. The highest BCUT2D eigenvalue weighted by atomic mass is 19.4. The van der Waals surface area contributed by atoms with Crippen molar-refractivity contribution in [1.82, 2.24) is 4.90 Å². The van der Waals surface area contributed by atoms with Gasteiger partial charge >= 0.3 is 24.2 Å². The minimum Gasteiger partial charge on any atom is -0.467 e. The molecule has 1 saturated heterocycles. The predicted octanol–water partition coefficient (Wildman–Crippen LogP) is 3.24. The molecule has 1 aliphatic heterocycles. The van der Waals surface area contributed by atoms with Gasteiger partial charge in [-0.05, 0) is 18.9 Å². The van der Waals surface area contributed by atoms with E-state index in [-0.39, 0.29) is 19.6 Å². The van der Waals surface area contributed by atoms with Crippen LogP contribution >= 0.6 is 0 Å². The number of methoxy groups -OCH3 is 1. The van der Waals surface area contributed by atoms with Crippen LogP contribution in [0.4, 0.5) is 18.0 Å². The van der Waals surface area contributed by atoms with Gasteiger partial charge in [0.15, 0.2) is 0 Å². The molecular weight excluding hydrogens is 419 g/mol. The van der Waals surface area contributed by atoms with Gasteiger partial charge in [0.1, 0.15) is 6.61 Å². The molecule has 1 aromatic carbocycles. The number of hydrogen-bond donors (Lipinski definition) is 0. The Kier molecular flexibility index (Phi) is 6.02. The van der Waals surface area contributed by atoms with Crippen molar-refractivity contribution in [3.63, 3.8) is 0 Å². The van der Waals surface area contributed by atoms with Gasteiger partial charge in [-0.2, -0.15) is 13.2 Å². The number of rotatable bonds is 6. The third kappa shape index (κ3) is 3.86. The Labute approximate surface area is 176 Å². The maximum atomic E-state index is 14.3. The van der Waals surface area contributed by atoms with E-state index in [4.69, 9.17) is 9.47 Å². The Hall–Kier alpha value is -3.04. The number of nitrogens with zero attached hydrogens (tertiary/aromatic N) is 1. The lowest BCUT2D eigenvalue weighted by Crippen LogP contribution is -2.65. The number of fused-ring (bicyclic) bond motifs is 1. The van der Waals surface area contributed by atoms with E-state index in [1.807, 2.05) is 0 Å². The van der Waals surface area contributed by atoms with E-state index in [1.54, 1.807) is 37.3 Å². The highest BCUT2D eigenvalue weighted by Gasteiger charge is 2.84. The number of hydrogen-bond acceptors (Lipinski definition) is 6. The second kappa shape index (κ2) is 8.24. The summed E-state index contributed by atoms with van der Waals surface area (Å²) >= 11 is 0. The van der Waals surface area contributed by atoms with Gasteiger partial charge in [-0.1, -0.05) is 36.4 Å². The number of alkyl halides is 3. The van der Waals surface area contributed by atoms with Crippen molar-refractivity contribution in [1.29, 1.82) is 0 Å². The highest BCUT2D eigenvalue weighted by molar-refractivity contribution is 5.90. The fraction of sp³-hybridized carbons (Fsp3) is 0.476. The molecule has 31 heavy (non-hydrogen) atoms. The Morgan fingerprint density at radius 2 is 1.87 bits per heavy atom. The van der Waals surface area contributed by atoms with Gasteiger partial charge in [-0.25, -0.2) is 14.4 Å². The third-order valence-corrected chi connectivity index (χ3v) is 5.69. The van der Waals surface area contributed by atoms with Crippen LogP contribution in [0.1, 0.15) is 18.9 Å². The van der Waals surface area contributed by atoms with Crippen LogP contribution in [-0.2, 0) is 30.4 Å². The number of likely N-dealkylation sites (tertiary alicyclic amines) is 1. The molecule has 1 aliphatic carbocycles. The van der Waals surface area contributed by atoms with Crippen molar-refractivity contribution in [3.05, 3.63) is 48.0 Å². The molecule has 1 unspecified atom stereocenters. The van der Waals surface area contributed by atoms with E-state index in [9.17, 15) is 27.6 Å². The van der Waals surface area contributed by atoms with Crippen LogP contribution in [0.5, 0.6) is 0 Å². The van der Waals surface area contributed by atoms with Crippen LogP contribution in [-0.4, -0.2) is 54.9 Å². The number of halogens is 3. The van der Waals surface area contributed by atoms with Gasteiger partial charge < -0.3 is 14.2 Å². The van der Waals surface area contributed by atoms with E-state index in [0.29, 0.717) is 10.5 Å². The van der Waals surface area contributed by atoms with E-state index in [2.05, 4.69) is 4.74 Å². The van der Waals surface area contributed by atoms with Crippen LogP contribution in [0.2, 0.25) is 0 Å². The molecular formula is C21H22F3NO6. The second-order valence-electron chi connectivity index (χ2n) is 7.46. The molecule has 3 rings (SSSR count). The Morgan fingerprint density at radius 3 is 2.45 bits per heavy atom. The van der Waals surface area contributed by atoms with E-state index >= 15 is 0 Å². The number of benzene rings is 1. The number of esters is 2. The summed E-state index contributed by atoms with van der Waals surface area (Å²) < 4.78 is 57.3. The first-order chi connectivity index (χ1) is 14.6. The molecule has 1 amide bonds. The molecule has 10 heteroatoms. The molecule has 7 nitrogen and oxygen atoms in total. The van der Waals surface area contributed by atoms with Crippen LogP contribution < -0.4 is 0 Å². The van der Waals surface area contributed by atoms with Gasteiger partial charge in [0.05, 0.1) is 13.7 Å². The van der Waals surface area contributed by atoms with Gasteiger partial charge in [-0.3, -0.25) is 4.90 Å². The van der Waals surface area contributed by atoms with Gasteiger partial charge in [0.2, 0.25) is 5.54 Å². The lowest BCUT2D eigenvalue weighted by atomic mass is 9.90. The summed E-state index contributed by atoms with van der Waals surface area (Å²) in [6, 6.07) is 8.42. The van der Waals surface area contributed by atoms with E-state index < -0.39 is 47.6 Å². The topological polar surface area (TPSA) is 82.1 Å². The molecule has 0 bridgehead atoms. The molecule has 2 fully saturated rings. The predicted molar refractivity (Wildman–Crippen MR) is 100 cm³/mol. The minimum atomic E-state index is -5.12. The number of piperidine rings is 1. The van der Waals surface area contributed by atoms with Crippen molar-refractivity contribution in [2.24, 2.45) is 11.3 Å². The van der Waals surface area contributed by atoms with Gasteiger partial charge in [-0.15, -0.1) is 0 Å². The van der Waals surface area contributed by atoms with E-state index in [1.165, 1.54) is 6.08 Å². The van der Waals surface area contributed by atoms with Gasteiger partial charge in [0, 0.05) is 24.0 Å². The van der Waals surface area contributed by atoms with Crippen molar-refractivity contribution < 1.29 is 41.8 Å². The fourth-order valence-electron chi connectivity index (χ4n) is 4.21. The summed E-state index contributed by atoms with van der Waals surface area (Å²) in [6.45, 7) is 0.986. The first-order valence-electron chi connectivity index (χ1n) is 9.62. The van der Waals surface area contributed by atoms with Crippen molar-refractivity contribution in [2.75, 3.05) is 20.3 Å². The molecule has 3 atom stereocenters. The van der Waals surface area contributed by atoms with Crippen LogP contribution in [0, 0.1) is 11.3 Å². The normalized spacial score (nSPS) is 27.0. The number of ether oxygens (including phenoxy) is 3. The van der Waals surface area contributed by atoms with Crippen molar-refractivity contribution in [3.8, 4) is 0 Å². The summed E-state index contributed by atoms with van der Waals surface area (Å²) in [5.41, 5.74) is -3.83. The number of carbonyl (C=O) groups excluding carboxylic acids is 3. The summed E-state index contributed by atoms with van der Waals surface area (Å²) in [6.07, 6.45) is -4.14. The Balaban J connectivity index is 1.92. The zero-order chi connectivity index (χ0) is 22.9. The standard InChI is InChI=1S/C21H22F3NO6/c1-3-30-16(26)9-10-19-11-15(19)20(17(27)29-2,21(22,23)24)25(13-19)18(28)31-12-14-7-5-4-6-8-14/h4-10,15H,3,11-13H2,1-2H3/b10-9+/t15-,19+,20?/m0/s1. The summed E-state index contributed by atoms with van der Waals surface area (Å²) in [7, 11) is 0.833. The lowest BCUT2D eigenvalue weighted by molar-refractivity contribution is -0.234. The monoisotopic (exact) mass is 441 g/mol. The SMILES string of the molecule is CCOC(=O)/C=C/[C@]12C[C@@H]1C(C(=O)OC)(C(F)(F)F)N(C(=O)OCc1ccccc1)C2. The minimum absolute atomic E-state index is 0.0417. The Morgan fingerprint density at radius 1 is 1.19 bits per heavy atom. The summed E-state index contributed by atoms with van der Waals surface area (Å²) in [5.74, 6) is -3.61. The lowest BCUT2D eigenvalue weighted by Gasteiger charge is -2.38. The van der Waals surface area contributed by atoms with Crippen LogP contribution in [0.3, 0.4) is 0 Å². The average Bonchev–Trinajstić information content (AvgIpc) is 3.36. The maximum Gasteiger partial charge on any atom is 0.423 e. The number of amides is 1. The molecule has 1 aromatic rings. The smallest absolute Gasteiger partial charge is 0.423 e. The molecule has 2 aliphatic rings. The quantitative estimate of drug-likeness (QED) is 0.383. The number of carbonyl (C=O) groups is 3. The molecule has 0 aromatic heterocycles. The first-order valence-corrected chi connectivity index (χ1v) is 9.62. The van der Waals surface area contributed by atoms with Crippen molar-refractivity contribution >= 4 is 18.0 Å². The second-order valence-corrected chi connectivity index (χ2v) is 7.46. The van der Waals surface area contributed by atoms with Crippen LogP contribution in [0.15, 0.2) is 42.5 Å². The zero-order valence-corrected chi connectivity index (χ0v) is 17.0. The first kappa shape index (κ1) is 22.6. The van der Waals surface area contributed by atoms with Crippen LogP contribution in [0.25, 0.3) is 0 Å². The average molecular weight is 441 g/mol. The highest BCUT2D eigenvalue weighted by Crippen LogP contribution is 2.70. The van der Waals surface area contributed by atoms with Gasteiger partial charge in [0.25, 0.3) is 0 Å². The largest absolute Gasteiger partial charge is 0.467 e. The third-order valence-electron chi connectivity index (χ3n) is 5.69. The fourth-order valence-corrected chi connectivity index (χ4v) is 4.21. The van der Waals surface area contributed by atoms with Crippen molar-refractivity contribution in [2.45, 2.75) is 31.7 Å². The molecule has 0 radical (unpaired) electrons. The maximum absolute atomic E-state index is 14.3. The molecule has 1 heterocycles. The van der Waals surface area contributed by atoms with E-state index in [0.717, 1.165) is 13.2 Å². The summed E-state index contributed by atoms with van der Waals surface area (Å²) in [4.78, 5) is 37.3.